The minimum absolute atomic E-state index is 0.0881. The molecule has 166 valence electrons. The Morgan fingerprint density at radius 3 is 2.87 bits per heavy atom. The van der Waals surface area contributed by atoms with Gasteiger partial charge in [0.2, 0.25) is 12.1 Å². The number of aryl methyl sites for hydroxylation is 1. The van der Waals surface area contributed by atoms with Gasteiger partial charge < -0.3 is 25.9 Å². The Bertz CT molecular complexity index is 1020. The van der Waals surface area contributed by atoms with Gasteiger partial charge in [0.05, 0.1) is 23.0 Å². The first-order valence-corrected chi connectivity index (χ1v) is 10.4. The SMILES string of the molecule is Cc1nc(N)nc2c1/C(=N/O[C@H](CCO)C(=O)N(C)C)N[C@@H](c1ccc(F)cc1Br)C2. The zero-order chi connectivity index (χ0) is 22.7. The molecule has 0 fully saturated rings. The molecule has 1 aromatic carbocycles. The number of aliphatic hydroxyl groups is 1. The lowest BCUT2D eigenvalue weighted by atomic mass is 9.94. The Labute approximate surface area is 187 Å². The van der Waals surface area contributed by atoms with Gasteiger partial charge in [0.15, 0.2) is 5.84 Å². The predicted octanol–water partition coefficient (Wildman–Crippen LogP) is 1.67. The normalized spacial score (nSPS) is 17.6. The summed E-state index contributed by atoms with van der Waals surface area (Å²) in [5.41, 5.74) is 8.53. The van der Waals surface area contributed by atoms with Crippen LogP contribution in [-0.2, 0) is 16.1 Å². The summed E-state index contributed by atoms with van der Waals surface area (Å²) >= 11 is 3.40. The lowest BCUT2D eigenvalue weighted by Gasteiger charge is -2.29. The number of halogens is 2. The average Bonchev–Trinajstić information content (AvgIpc) is 2.69. The van der Waals surface area contributed by atoms with Gasteiger partial charge in [-0.2, -0.15) is 0 Å². The van der Waals surface area contributed by atoms with E-state index in [2.05, 4.69) is 36.4 Å². The summed E-state index contributed by atoms with van der Waals surface area (Å²) in [6.45, 7) is 1.54. The molecule has 0 saturated heterocycles. The van der Waals surface area contributed by atoms with Crippen molar-refractivity contribution in [3.05, 3.63) is 51.0 Å². The molecule has 2 aromatic rings. The van der Waals surface area contributed by atoms with Crippen LogP contribution < -0.4 is 11.1 Å². The van der Waals surface area contributed by atoms with Gasteiger partial charge in [-0.15, -0.1) is 0 Å². The van der Waals surface area contributed by atoms with Gasteiger partial charge in [-0.05, 0) is 24.6 Å². The van der Waals surface area contributed by atoms with Gasteiger partial charge in [0.25, 0.3) is 5.91 Å². The molecular weight excluding hydrogens is 471 g/mol. The first-order chi connectivity index (χ1) is 14.7. The van der Waals surface area contributed by atoms with Gasteiger partial charge in [0, 0.05) is 38.0 Å². The number of carbonyl (C=O) groups excluding carboxylic acids is 1. The van der Waals surface area contributed by atoms with Gasteiger partial charge in [-0.25, -0.2) is 14.4 Å². The van der Waals surface area contributed by atoms with Crippen molar-refractivity contribution >= 4 is 33.6 Å². The number of oxime groups is 1. The predicted molar refractivity (Wildman–Crippen MR) is 117 cm³/mol. The zero-order valence-corrected chi connectivity index (χ0v) is 19.0. The highest BCUT2D eigenvalue weighted by Crippen LogP contribution is 2.31. The number of nitrogens with two attached hydrogens (primary N) is 1. The van der Waals surface area contributed by atoms with E-state index in [1.165, 1.54) is 17.0 Å². The highest BCUT2D eigenvalue weighted by Gasteiger charge is 2.30. The Morgan fingerprint density at radius 1 is 1.48 bits per heavy atom. The summed E-state index contributed by atoms with van der Waals surface area (Å²) in [6.07, 6.45) is -0.404. The highest BCUT2D eigenvalue weighted by molar-refractivity contribution is 9.10. The van der Waals surface area contributed by atoms with Crippen LogP contribution in [0.1, 0.15) is 35.0 Å². The summed E-state index contributed by atoms with van der Waals surface area (Å²) in [5, 5.41) is 16.8. The second-order valence-electron chi connectivity index (χ2n) is 7.33. The highest BCUT2D eigenvalue weighted by atomic mass is 79.9. The minimum Gasteiger partial charge on any atom is -0.396 e. The van der Waals surface area contributed by atoms with Crippen LogP contribution in [0, 0.1) is 12.7 Å². The first kappa shape index (κ1) is 22.9. The van der Waals surface area contributed by atoms with Crippen LogP contribution >= 0.6 is 15.9 Å². The summed E-state index contributed by atoms with van der Waals surface area (Å²) in [5.74, 6) is -0.219. The van der Waals surface area contributed by atoms with Crippen molar-refractivity contribution in [1.29, 1.82) is 0 Å². The van der Waals surface area contributed by atoms with Crippen molar-refractivity contribution in [2.24, 2.45) is 5.16 Å². The van der Waals surface area contributed by atoms with Crippen molar-refractivity contribution < 1.29 is 19.1 Å². The molecule has 2 atom stereocenters. The molecule has 1 aliphatic rings. The number of nitrogens with zero attached hydrogens (tertiary/aromatic N) is 4. The number of aromatic nitrogens is 2. The third kappa shape index (κ3) is 5.10. The number of benzene rings is 1. The summed E-state index contributed by atoms with van der Waals surface area (Å²) in [4.78, 5) is 27.8. The van der Waals surface area contributed by atoms with E-state index >= 15 is 0 Å². The molecule has 11 heteroatoms. The van der Waals surface area contributed by atoms with E-state index in [-0.39, 0.29) is 36.7 Å². The molecule has 1 aliphatic heterocycles. The molecule has 1 aromatic heterocycles. The molecule has 2 heterocycles. The van der Waals surface area contributed by atoms with E-state index in [1.807, 2.05) is 0 Å². The number of aliphatic hydroxyl groups excluding tert-OH is 1. The van der Waals surface area contributed by atoms with Crippen molar-refractivity contribution in [3.63, 3.8) is 0 Å². The fraction of sp³-hybridized carbons (Fsp3) is 0.400. The standard InChI is InChI=1S/C20H24BrFN6O3/c1-10-17-15(26-20(23)24-10)9-14(12-5-4-11(22)8-13(12)21)25-18(17)27-31-16(6-7-29)19(30)28(2)3/h4-5,8,14,16,29H,6-7,9H2,1-3H3,(H,25,27)(H2,23,24,26)/t14-,16-/m1/s1. The van der Waals surface area contributed by atoms with E-state index in [0.29, 0.717) is 33.7 Å². The maximum atomic E-state index is 13.6. The number of hydrogen-bond donors (Lipinski definition) is 3. The van der Waals surface area contributed by atoms with E-state index in [0.717, 1.165) is 5.56 Å². The van der Waals surface area contributed by atoms with E-state index < -0.39 is 6.10 Å². The van der Waals surface area contributed by atoms with Gasteiger partial charge in [-0.1, -0.05) is 27.2 Å². The maximum Gasteiger partial charge on any atom is 0.266 e. The van der Waals surface area contributed by atoms with E-state index in [9.17, 15) is 14.3 Å². The number of likely N-dealkylation sites (N-methyl/N-ethyl adjacent to an activating group) is 1. The van der Waals surface area contributed by atoms with E-state index in [4.69, 9.17) is 10.6 Å². The third-order valence-electron chi connectivity index (χ3n) is 4.84. The van der Waals surface area contributed by atoms with Crippen LogP contribution in [0.4, 0.5) is 10.3 Å². The maximum absolute atomic E-state index is 13.6. The fourth-order valence-electron chi connectivity index (χ4n) is 3.38. The van der Waals surface area contributed by atoms with Crippen molar-refractivity contribution in [1.82, 2.24) is 20.2 Å². The lowest BCUT2D eigenvalue weighted by Crippen LogP contribution is -2.39. The van der Waals surface area contributed by atoms with Gasteiger partial charge in [0.1, 0.15) is 5.82 Å². The summed E-state index contributed by atoms with van der Waals surface area (Å²) in [6, 6.07) is 4.12. The topological polar surface area (TPSA) is 126 Å². The molecule has 3 rings (SSSR count). The zero-order valence-electron chi connectivity index (χ0n) is 17.4. The largest absolute Gasteiger partial charge is 0.396 e. The number of nitrogen functional groups attached to an aromatic ring is 1. The smallest absolute Gasteiger partial charge is 0.266 e. The Morgan fingerprint density at radius 2 is 2.23 bits per heavy atom. The Balaban J connectivity index is 2.01. The summed E-state index contributed by atoms with van der Waals surface area (Å²) < 4.78 is 14.2. The molecule has 4 N–H and O–H groups in total. The molecular formula is C20H24BrFN6O3. The second-order valence-corrected chi connectivity index (χ2v) is 8.19. The quantitative estimate of drug-likeness (QED) is 0.521. The van der Waals surface area contributed by atoms with Crippen LogP contribution in [0.3, 0.4) is 0 Å². The van der Waals surface area contributed by atoms with Crippen molar-refractivity contribution in [3.8, 4) is 0 Å². The Kier molecular flexibility index (Phi) is 7.06. The van der Waals surface area contributed by atoms with Crippen molar-refractivity contribution in [2.45, 2.75) is 31.9 Å². The molecule has 9 nitrogen and oxygen atoms in total. The first-order valence-electron chi connectivity index (χ1n) is 9.62. The van der Waals surface area contributed by atoms with Gasteiger partial charge >= 0.3 is 0 Å². The number of carbonyl (C=O) groups is 1. The molecule has 0 unspecified atom stereocenters. The molecule has 0 spiro atoms. The molecule has 0 radical (unpaired) electrons. The average molecular weight is 495 g/mol. The number of amides is 1. The number of hydrogen-bond acceptors (Lipinski definition) is 7. The monoisotopic (exact) mass is 494 g/mol. The second kappa shape index (κ2) is 9.56. The fourth-order valence-corrected chi connectivity index (χ4v) is 4.01. The van der Waals surface area contributed by atoms with Crippen LogP contribution in [-0.4, -0.2) is 58.5 Å². The summed E-state index contributed by atoms with van der Waals surface area (Å²) in [7, 11) is 3.19. The molecule has 0 aliphatic carbocycles. The molecule has 0 saturated carbocycles. The van der Waals surface area contributed by atoms with Crippen LogP contribution in [0.2, 0.25) is 0 Å². The van der Waals surface area contributed by atoms with Crippen molar-refractivity contribution in [2.75, 3.05) is 26.4 Å². The third-order valence-corrected chi connectivity index (χ3v) is 5.53. The van der Waals surface area contributed by atoms with E-state index in [1.54, 1.807) is 27.1 Å². The lowest BCUT2D eigenvalue weighted by molar-refractivity contribution is -0.142. The number of rotatable bonds is 6. The number of fused-ring (bicyclic) bond motifs is 1. The van der Waals surface area contributed by atoms with Crippen LogP contribution in [0.5, 0.6) is 0 Å². The number of anilines is 1. The molecule has 0 bridgehead atoms. The van der Waals surface area contributed by atoms with Gasteiger partial charge in [-0.3, -0.25) is 4.79 Å². The van der Waals surface area contributed by atoms with Crippen LogP contribution in [0.15, 0.2) is 27.8 Å². The molecule has 1 amide bonds. The molecule has 31 heavy (non-hydrogen) atoms. The number of nitrogens with one attached hydrogen (secondary N) is 1. The number of amidine groups is 1. The minimum atomic E-state index is -0.953. The van der Waals surface area contributed by atoms with Crippen LogP contribution in [0.25, 0.3) is 0 Å². The Hall–Kier alpha value is -2.79.